The standard InChI is InChI=1S/C12H12N4O4S/c17-11(9-3-1-7-6-15(9)12(18)14-7)21-10-4-2-8(5-13-10)16(19)20/h2,4-5,7,9H,1,3,6H2,(H,14,18)/t7-,9-/m0/s1. The first-order valence-electron chi connectivity index (χ1n) is 6.44. The second-order valence-corrected chi connectivity index (χ2v) is 5.95. The highest BCUT2D eigenvalue weighted by atomic mass is 32.2. The lowest BCUT2D eigenvalue weighted by Gasteiger charge is -2.28. The van der Waals surface area contributed by atoms with Crippen molar-refractivity contribution in [1.29, 1.82) is 0 Å². The molecule has 1 N–H and O–H groups in total. The summed E-state index contributed by atoms with van der Waals surface area (Å²) in [5.41, 5.74) is -0.119. The predicted octanol–water partition coefficient (Wildman–Crippen LogP) is 1.16. The summed E-state index contributed by atoms with van der Waals surface area (Å²) in [6.07, 6.45) is 2.53. The van der Waals surface area contributed by atoms with E-state index in [-0.39, 0.29) is 22.9 Å². The van der Waals surface area contributed by atoms with Gasteiger partial charge >= 0.3 is 6.03 Å². The van der Waals surface area contributed by atoms with Gasteiger partial charge in [0, 0.05) is 18.7 Å². The summed E-state index contributed by atoms with van der Waals surface area (Å²) in [4.78, 5) is 39.4. The van der Waals surface area contributed by atoms with Gasteiger partial charge in [0.1, 0.15) is 17.3 Å². The molecule has 1 aromatic rings. The minimum Gasteiger partial charge on any atom is -0.333 e. The maximum absolute atomic E-state index is 12.3. The molecular weight excluding hydrogens is 296 g/mol. The highest BCUT2D eigenvalue weighted by molar-refractivity contribution is 8.13. The van der Waals surface area contributed by atoms with Gasteiger partial charge < -0.3 is 10.2 Å². The summed E-state index contributed by atoms with van der Waals surface area (Å²) in [6, 6.07) is 2.24. The summed E-state index contributed by atoms with van der Waals surface area (Å²) in [5, 5.41) is 13.6. The Bertz CT molecular complexity index is 606. The molecule has 3 heterocycles. The minimum atomic E-state index is -0.543. The Kier molecular flexibility index (Phi) is 3.50. The Morgan fingerprint density at radius 2 is 2.29 bits per heavy atom. The number of amides is 2. The third kappa shape index (κ3) is 2.68. The molecule has 21 heavy (non-hydrogen) atoms. The topological polar surface area (TPSA) is 105 Å². The van der Waals surface area contributed by atoms with Crippen LogP contribution < -0.4 is 5.32 Å². The molecule has 2 amide bonds. The first-order chi connectivity index (χ1) is 10.0. The Morgan fingerprint density at radius 1 is 1.48 bits per heavy atom. The highest BCUT2D eigenvalue weighted by Crippen LogP contribution is 2.29. The quantitative estimate of drug-likeness (QED) is 0.510. The van der Waals surface area contributed by atoms with E-state index in [0.717, 1.165) is 24.4 Å². The monoisotopic (exact) mass is 308 g/mol. The molecule has 9 heteroatoms. The number of nitro groups is 1. The van der Waals surface area contributed by atoms with E-state index in [4.69, 9.17) is 0 Å². The van der Waals surface area contributed by atoms with Crippen LogP contribution in [0.25, 0.3) is 0 Å². The number of carbonyl (C=O) groups excluding carboxylic acids is 2. The molecule has 3 rings (SSSR count). The van der Waals surface area contributed by atoms with Gasteiger partial charge in [-0.2, -0.15) is 0 Å². The zero-order valence-corrected chi connectivity index (χ0v) is 11.7. The number of hydrogen-bond donors (Lipinski definition) is 1. The number of piperidine rings is 1. The SMILES string of the molecule is O=C(Sc1ccc([N+](=O)[O-])cn1)[C@@H]1CC[C@H]2CN1C(=O)N2. The molecule has 0 saturated carbocycles. The van der Waals surface area contributed by atoms with Crippen LogP contribution in [0.2, 0.25) is 0 Å². The van der Waals surface area contributed by atoms with Gasteiger partial charge in [-0.3, -0.25) is 14.9 Å². The van der Waals surface area contributed by atoms with Crippen molar-refractivity contribution >= 4 is 28.6 Å². The number of urea groups is 1. The number of rotatable bonds is 3. The zero-order chi connectivity index (χ0) is 15.0. The summed E-state index contributed by atoms with van der Waals surface area (Å²) < 4.78 is 0. The van der Waals surface area contributed by atoms with Crippen LogP contribution in [0.1, 0.15) is 12.8 Å². The fourth-order valence-corrected chi connectivity index (χ4v) is 3.36. The van der Waals surface area contributed by atoms with E-state index in [2.05, 4.69) is 10.3 Å². The molecular formula is C12H12N4O4S. The number of thioether (sulfide) groups is 1. The van der Waals surface area contributed by atoms with Crippen molar-refractivity contribution in [3.05, 3.63) is 28.4 Å². The zero-order valence-electron chi connectivity index (χ0n) is 10.9. The Hall–Kier alpha value is -2.16. The number of fused-ring (bicyclic) bond motifs is 2. The Morgan fingerprint density at radius 3 is 2.95 bits per heavy atom. The summed E-state index contributed by atoms with van der Waals surface area (Å²) in [7, 11) is 0. The van der Waals surface area contributed by atoms with Crippen LogP contribution in [0.3, 0.4) is 0 Å². The maximum atomic E-state index is 12.3. The molecule has 2 atom stereocenters. The van der Waals surface area contributed by atoms with E-state index >= 15 is 0 Å². The van der Waals surface area contributed by atoms with E-state index in [1.807, 2.05) is 0 Å². The molecule has 8 nitrogen and oxygen atoms in total. The number of carbonyl (C=O) groups is 2. The number of hydrogen-bond acceptors (Lipinski definition) is 6. The number of pyridine rings is 1. The van der Waals surface area contributed by atoms with Gasteiger partial charge in [0.05, 0.1) is 4.92 Å². The molecule has 0 spiro atoms. The van der Waals surface area contributed by atoms with Crippen molar-refractivity contribution in [3.63, 3.8) is 0 Å². The van der Waals surface area contributed by atoms with Gasteiger partial charge in [-0.25, -0.2) is 9.78 Å². The molecule has 1 aromatic heterocycles. The molecule has 2 aliphatic rings. The lowest BCUT2D eigenvalue weighted by atomic mass is 10.0. The van der Waals surface area contributed by atoms with E-state index in [9.17, 15) is 19.7 Å². The van der Waals surface area contributed by atoms with Crippen LogP contribution in [0.15, 0.2) is 23.4 Å². The molecule has 0 aliphatic carbocycles. The van der Waals surface area contributed by atoms with Crippen LogP contribution >= 0.6 is 11.8 Å². The van der Waals surface area contributed by atoms with Crippen molar-refractivity contribution < 1.29 is 14.5 Å². The molecule has 2 bridgehead atoms. The van der Waals surface area contributed by atoms with Crippen molar-refractivity contribution in [2.45, 2.75) is 30.0 Å². The first-order valence-corrected chi connectivity index (χ1v) is 7.25. The van der Waals surface area contributed by atoms with Gasteiger partial charge in [-0.15, -0.1) is 0 Å². The Labute approximate surface area is 124 Å². The van der Waals surface area contributed by atoms with Crippen molar-refractivity contribution in [3.8, 4) is 0 Å². The van der Waals surface area contributed by atoms with Gasteiger partial charge in [0.2, 0.25) is 5.12 Å². The normalized spacial score (nSPS) is 23.8. The van der Waals surface area contributed by atoms with Crippen molar-refractivity contribution in [2.75, 3.05) is 6.54 Å². The van der Waals surface area contributed by atoms with Gasteiger partial charge in [0.15, 0.2) is 0 Å². The van der Waals surface area contributed by atoms with Gasteiger partial charge in [-0.05, 0) is 30.7 Å². The lowest BCUT2D eigenvalue weighted by Crippen LogP contribution is -2.44. The third-order valence-electron chi connectivity index (χ3n) is 3.58. The first kappa shape index (κ1) is 13.8. The lowest BCUT2D eigenvalue weighted by molar-refractivity contribution is -0.385. The van der Waals surface area contributed by atoms with E-state index in [1.54, 1.807) is 4.90 Å². The number of nitrogens with zero attached hydrogens (tertiary/aromatic N) is 3. The fourth-order valence-electron chi connectivity index (χ4n) is 2.53. The highest BCUT2D eigenvalue weighted by Gasteiger charge is 2.41. The largest absolute Gasteiger partial charge is 0.333 e. The van der Waals surface area contributed by atoms with Crippen molar-refractivity contribution in [1.82, 2.24) is 15.2 Å². The second-order valence-electron chi connectivity index (χ2n) is 4.92. The van der Waals surface area contributed by atoms with Crippen LogP contribution in [-0.2, 0) is 4.79 Å². The van der Waals surface area contributed by atoms with Crippen LogP contribution in [0, 0.1) is 10.1 Å². The molecule has 0 aromatic carbocycles. The predicted molar refractivity (Wildman–Crippen MR) is 73.8 cm³/mol. The summed E-state index contributed by atoms with van der Waals surface area (Å²) >= 11 is 0.916. The van der Waals surface area contributed by atoms with Crippen LogP contribution in [0.5, 0.6) is 0 Å². The Balaban J connectivity index is 1.68. The molecule has 2 aliphatic heterocycles. The van der Waals surface area contributed by atoms with Gasteiger partial charge in [0.25, 0.3) is 5.69 Å². The average Bonchev–Trinajstić information content (AvgIpc) is 2.74. The van der Waals surface area contributed by atoms with Crippen molar-refractivity contribution in [2.24, 2.45) is 0 Å². The van der Waals surface area contributed by atoms with E-state index in [1.165, 1.54) is 12.1 Å². The smallest absolute Gasteiger partial charge is 0.318 e. The molecule has 0 unspecified atom stereocenters. The van der Waals surface area contributed by atoms with Crippen LogP contribution in [0.4, 0.5) is 10.5 Å². The summed E-state index contributed by atoms with van der Waals surface area (Å²) in [6.45, 7) is 0.559. The summed E-state index contributed by atoms with van der Waals surface area (Å²) in [5.74, 6) is 0. The molecule has 2 fully saturated rings. The van der Waals surface area contributed by atoms with E-state index in [0.29, 0.717) is 18.0 Å². The third-order valence-corrected chi connectivity index (χ3v) is 4.50. The van der Waals surface area contributed by atoms with E-state index < -0.39 is 11.0 Å². The minimum absolute atomic E-state index is 0.119. The fraction of sp³-hybridized carbons (Fsp3) is 0.417. The number of nitrogens with one attached hydrogen (secondary N) is 1. The second kappa shape index (κ2) is 5.32. The molecule has 110 valence electrons. The van der Waals surface area contributed by atoms with Crippen LogP contribution in [-0.4, -0.2) is 44.6 Å². The van der Waals surface area contributed by atoms with Gasteiger partial charge in [-0.1, -0.05) is 0 Å². The molecule has 0 radical (unpaired) electrons. The average molecular weight is 308 g/mol. The maximum Gasteiger partial charge on any atom is 0.318 e. The molecule has 2 saturated heterocycles. The number of aromatic nitrogens is 1.